The minimum Gasteiger partial charge on any atom is -0.465 e. The van der Waals surface area contributed by atoms with Crippen molar-refractivity contribution in [3.05, 3.63) is 89.2 Å². The molecule has 180 valence electrons. The lowest BCUT2D eigenvalue weighted by atomic mass is 10.2. The number of benzene rings is 3. The Morgan fingerprint density at radius 1 is 0.706 bits per heavy atom. The van der Waals surface area contributed by atoms with E-state index in [1.54, 1.807) is 0 Å². The number of hydrogen-bond donors (Lipinski definition) is 0. The van der Waals surface area contributed by atoms with E-state index in [0.717, 1.165) is 31.4 Å². The van der Waals surface area contributed by atoms with Crippen LogP contribution in [0.5, 0.6) is 0 Å². The Bertz CT molecular complexity index is 1390. The Morgan fingerprint density at radius 2 is 1.09 bits per heavy atom. The van der Waals surface area contributed by atoms with Crippen molar-refractivity contribution in [2.45, 2.75) is 9.79 Å². The summed E-state index contributed by atoms with van der Waals surface area (Å²) in [5.41, 5.74) is -2.45. The molecule has 3 aromatic rings. The molecule has 0 radical (unpaired) electrons. The molecule has 0 aliphatic carbocycles. The number of methoxy groups -OCH3 is 1. The average molecular weight is 521 g/mol. The minimum absolute atomic E-state index is 0.464. The van der Waals surface area contributed by atoms with Gasteiger partial charge < -0.3 is 4.74 Å². The van der Waals surface area contributed by atoms with E-state index in [9.17, 15) is 39.2 Å². The van der Waals surface area contributed by atoms with Gasteiger partial charge in [-0.25, -0.2) is 26.7 Å². The van der Waals surface area contributed by atoms with Crippen LogP contribution < -0.4 is 3.71 Å². The number of esters is 1. The van der Waals surface area contributed by atoms with Gasteiger partial charge in [0.1, 0.15) is 29.0 Å². The monoisotopic (exact) mass is 521 g/mol. The van der Waals surface area contributed by atoms with Crippen LogP contribution in [0.1, 0.15) is 10.4 Å². The zero-order valence-electron chi connectivity index (χ0n) is 16.8. The summed E-state index contributed by atoms with van der Waals surface area (Å²) in [5.74, 6) is -10.3. The van der Waals surface area contributed by atoms with Gasteiger partial charge in [0.15, 0.2) is 15.6 Å². The fourth-order valence-corrected chi connectivity index (χ4v) is 6.81. The summed E-state index contributed by atoms with van der Waals surface area (Å²) in [4.78, 5) is 8.15. The van der Waals surface area contributed by atoms with Gasteiger partial charge in [-0.05, 0) is 36.4 Å². The molecule has 0 atom stereocenters. The molecular formula is C20H12F5NO6S2. The van der Waals surface area contributed by atoms with Crippen LogP contribution in [0.4, 0.5) is 27.6 Å². The van der Waals surface area contributed by atoms with Crippen molar-refractivity contribution in [1.82, 2.24) is 0 Å². The SMILES string of the molecule is COC(=O)c1cccc(N(S(=O)(=O)c2c(F)cccc2F)S(=O)(=O)c2c(F)cccc2F)c1F. The average Bonchev–Trinajstić information content (AvgIpc) is 2.73. The summed E-state index contributed by atoms with van der Waals surface area (Å²) in [6, 6.07) is 5.49. The summed E-state index contributed by atoms with van der Waals surface area (Å²) >= 11 is 0. The third-order valence-corrected chi connectivity index (χ3v) is 8.63. The predicted molar refractivity (Wildman–Crippen MR) is 107 cm³/mol. The molecule has 0 amide bonds. The molecule has 0 saturated carbocycles. The fraction of sp³-hybridized carbons (Fsp3) is 0.0500. The molecule has 0 heterocycles. The lowest BCUT2D eigenvalue weighted by Gasteiger charge is -2.25. The van der Waals surface area contributed by atoms with E-state index >= 15 is 4.39 Å². The molecule has 3 rings (SSSR count). The van der Waals surface area contributed by atoms with Gasteiger partial charge in [-0.2, -0.15) is 20.5 Å². The smallest absolute Gasteiger partial charge is 0.340 e. The van der Waals surface area contributed by atoms with Crippen LogP contribution in [0, 0.1) is 29.1 Å². The molecule has 0 aliphatic rings. The zero-order chi connectivity index (χ0) is 25.4. The van der Waals surface area contributed by atoms with E-state index in [-0.39, 0.29) is 0 Å². The second-order valence-electron chi connectivity index (χ2n) is 6.44. The third-order valence-electron chi connectivity index (χ3n) is 4.37. The van der Waals surface area contributed by atoms with Crippen molar-refractivity contribution >= 4 is 31.7 Å². The van der Waals surface area contributed by atoms with Crippen molar-refractivity contribution < 1.29 is 48.3 Å². The van der Waals surface area contributed by atoms with Crippen LogP contribution in [0.3, 0.4) is 0 Å². The fourth-order valence-electron chi connectivity index (χ4n) is 2.94. The van der Waals surface area contributed by atoms with Crippen molar-refractivity contribution in [2.75, 3.05) is 10.8 Å². The molecule has 0 saturated heterocycles. The highest BCUT2D eigenvalue weighted by Gasteiger charge is 2.44. The van der Waals surface area contributed by atoms with Crippen LogP contribution in [-0.2, 0) is 24.8 Å². The lowest BCUT2D eigenvalue weighted by molar-refractivity contribution is 0.0595. The summed E-state index contributed by atoms with van der Waals surface area (Å²) in [6.45, 7) is 0. The number of carbonyl (C=O) groups is 1. The summed E-state index contributed by atoms with van der Waals surface area (Å²) in [5, 5.41) is 0. The molecule has 0 aliphatic heterocycles. The first-order chi connectivity index (χ1) is 15.9. The molecule has 0 aromatic heterocycles. The molecule has 34 heavy (non-hydrogen) atoms. The van der Waals surface area contributed by atoms with Gasteiger partial charge >= 0.3 is 5.97 Å². The van der Waals surface area contributed by atoms with E-state index in [2.05, 4.69) is 4.74 Å². The summed E-state index contributed by atoms with van der Waals surface area (Å²) in [6.07, 6.45) is 0. The first-order valence-electron chi connectivity index (χ1n) is 8.91. The van der Waals surface area contributed by atoms with Crippen LogP contribution in [0.2, 0.25) is 0 Å². The third kappa shape index (κ3) is 4.09. The van der Waals surface area contributed by atoms with Gasteiger partial charge in [-0.3, -0.25) is 0 Å². The number of rotatable bonds is 6. The predicted octanol–water partition coefficient (Wildman–Crippen LogP) is 3.75. The number of carbonyl (C=O) groups excluding carboxylic acids is 1. The van der Waals surface area contributed by atoms with E-state index < -0.39 is 79.9 Å². The van der Waals surface area contributed by atoms with E-state index in [1.165, 1.54) is 0 Å². The maximum atomic E-state index is 15.2. The number of anilines is 1. The topological polar surface area (TPSA) is 97.8 Å². The van der Waals surface area contributed by atoms with Gasteiger partial charge in [0.25, 0.3) is 20.0 Å². The number of hydrogen-bond acceptors (Lipinski definition) is 6. The molecule has 0 unspecified atom stereocenters. The molecule has 0 N–H and O–H groups in total. The van der Waals surface area contributed by atoms with Crippen LogP contribution >= 0.6 is 0 Å². The van der Waals surface area contributed by atoms with E-state index in [0.29, 0.717) is 30.3 Å². The highest BCUT2D eigenvalue weighted by Crippen LogP contribution is 2.36. The molecule has 0 bridgehead atoms. The van der Waals surface area contributed by atoms with Gasteiger partial charge in [-0.1, -0.05) is 18.2 Å². The van der Waals surface area contributed by atoms with Crippen molar-refractivity contribution in [3.8, 4) is 0 Å². The second-order valence-corrected chi connectivity index (χ2v) is 10.1. The molecule has 0 fully saturated rings. The lowest BCUT2D eigenvalue weighted by Crippen LogP contribution is -2.39. The molecule has 3 aromatic carbocycles. The normalized spacial score (nSPS) is 11.8. The van der Waals surface area contributed by atoms with Crippen LogP contribution in [0.15, 0.2) is 64.4 Å². The Hall–Kier alpha value is -3.52. The Morgan fingerprint density at radius 3 is 1.47 bits per heavy atom. The molecular weight excluding hydrogens is 509 g/mol. The molecule has 14 heteroatoms. The summed E-state index contributed by atoms with van der Waals surface area (Å²) in [7, 11) is -11.1. The van der Waals surface area contributed by atoms with Crippen molar-refractivity contribution in [3.63, 3.8) is 0 Å². The van der Waals surface area contributed by atoms with Crippen molar-refractivity contribution in [1.29, 1.82) is 0 Å². The highest BCUT2D eigenvalue weighted by molar-refractivity contribution is 8.10. The first-order valence-corrected chi connectivity index (χ1v) is 11.8. The van der Waals surface area contributed by atoms with E-state index in [4.69, 9.17) is 0 Å². The standard InChI is InChI=1S/C20H12F5NO6S2/c1-32-20(27)11-5-2-10-16(17(11)25)26(33(28,29)18-12(21)6-3-7-13(18)22)34(30,31)19-14(23)8-4-9-15(19)24/h2-10H,1H3. The maximum Gasteiger partial charge on any atom is 0.340 e. The molecule has 7 nitrogen and oxygen atoms in total. The van der Waals surface area contributed by atoms with Gasteiger partial charge in [0.2, 0.25) is 0 Å². The van der Waals surface area contributed by atoms with Crippen LogP contribution in [0.25, 0.3) is 0 Å². The first kappa shape index (κ1) is 25.1. The Kier molecular flexibility index (Phi) is 6.66. The number of sulfonamides is 2. The number of nitrogens with zero attached hydrogens (tertiary/aromatic N) is 1. The summed E-state index contributed by atoms with van der Waals surface area (Å²) < 4.78 is 129. The van der Waals surface area contributed by atoms with Crippen LogP contribution in [-0.4, -0.2) is 29.9 Å². The number of halogens is 5. The van der Waals surface area contributed by atoms with Gasteiger partial charge in [0, 0.05) is 0 Å². The zero-order valence-corrected chi connectivity index (χ0v) is 18.4. The van der Waals surface area contributed by atoms with E-state index in [1.807, 2.05) is 0 Å². The Labute approximate surface area is 190 Å². The Balaban J connectivity index is 2.48. The molecule has 0 spiro atoms. The van der Waals surface area contributed by atoms with Crippen molar-refractivity contribution in [2.24, 2.45) is 0 Å². The second kappa shape index (κ2) is 9.02. The largest absolute Gasteiger partial charge is 0.465 e. The minimum atomic E-state index is -5.96. The highest BCUT2D eigenvalue weighted by atomic mass is 32.3. The van der Waals surface area contributed by atoms with Gasteiger partial charge in [-0.15, -0.1) is 0 Å². The number of ether oxygens (including phenoxy) is 1. The maximum absolute atomic E-state index is 15.2. The van der Waals surface area contributed by atoms with Gasteiger partial charge in [0.05, 0.1) is 12.7 Å². The quantitative estimate of drug-likeness (QED) is 0.362.